The van der Waals surface area contributed by atoms with Gasteiger partial charge in [0.05, 0.1) is 6.61 Å². The van der Waals surface area contributed by atoms with Crippen LogP contribution in [-0.2, 0) is 4.74 Å². The monoisotopic (exact) mass is 441 g/mol. The minimum Gasteiger partial charge on any atom is -0.491 e. The number of carbonyl (C=O) groups excluding carboxylic acids is 1. The van der Waals surface area contributed by atoms with Crippen molar-refractivity contribution < 1.29 is 18.7 Å². The molecule has 32 heavy (non-hydrogen) atoms. The average Bonchev–Trinajstić information content (AvgIpc) is 2.82. The van der Waals surface area contributed by atoms with Gasteiger partial charge in [-0.3, -0.25) is 4.90 Å². The summed E-state index contributed by atoms with van der Waals surface area (Å²) in [6, 6.07) is 15.6. The summed E-state index contributed by atoms with van der Waals surface area (Å²) in [6.07, 6.45) is 6.35. The second-order valence-electron chi connectivity index (χ2n) is 8.83. The predicted octanol–water partition coefficient (Wildman–Crippen LogP) is 7.41. The molecule has 1 aliphatic rings. The van der Waals surface area contributed by atoms with E-state index < -0.39 is 6.17 Å². The largest absolute Gasteiger partial charge is 0.491 e. The van der Waals surface area contributed by atoms with Crippen LogP contribution in [0.2, 0.25) is 0 Å². The molecule has 1 heterocycles. The Hall–Kier alpha value is -2.56. The van der Waals surface area contributed by atoms with Gasteiger partial charge in [-0.2, -0.15) is 0 Å². The first-order chi connectivity index (χ1) is 15.6. The van der Waals surface area contributed by atoms with Crippen LogP contribution in [0.15, 0.2) is 48.5 Å². The summed E-state index contributed by atoms with van der Waals surface area (Å²) in [5, 5.41) is 0. The van der Waals surface area contributed by atoms with Crippen molar-refractivity contribution in [2.24, 2.45) is 5.92 Å². The maximum absolute atomic E-state index is 14.1. The Morgan fingerprint density at radius 2 is 1.62 bits per heavy atom. The van der Waals surface area contributed by atoms with Crippen molar-refractivity contribution in [3.63, 3.8) is 0 Å². The fourth-order valence-electron chi connectivity index (χ4n) is 3.93. The van der Waals surface area contributed by atoms with Gasteiger partial charge in [0.1, 0.15) is 18.5 Å². The highest BCUT2D eigenvalue weighted by Gasteiger charge is 2.25. The van der Waals surface area contributed by atoms with Crippen LogP contribution in [0.3, 0.4) is 0 Å². The number of carbonyl (C=O) groups is 1. The van der Waals surface area contributed by atoms with Crippen molar-refractivity contribution in [2.45, 2.75) is 65.0 Å². The van der Waals surface area contributed by atoms with Crippen LogP contribution >= 0.6 is 0 Å². The van der Waals surface area contributed by atoms with E-state index in [-0.39, 0.29) is 12.7 Å². The average molecular weight is 442 g/mol. The third-order valence-electron chi connectivity index (χ3n) is 5.87. The minimum absolute atomic E-state index is 0.105. The van der Waals surface area contributed by atoms with Gasteiger partial charge in [0, 0.05) is 18.2 Å². The highest BCUT2D eigenvalue weighted by atomic mass is 19.1. The number of benzene rings is 2. The summed E-state index contributed by atoms with van der Waals surface area (Å²) >= 11 is 0. The first-order valence-corrected chi connectivity index (χ1v) is 12.0. The Morgan fingerprint density at radius 3 is 2.31 bits per heavy atom. The maximum Gasteiger partial charge on any atom is 0.414 e. The Labute approximate surface area is 191 Å². The van der Waals surface area contributed by atoms with Crippen LogP contribution in [0, 0.1) is 5.92 Å². The summed E-state index contributed by atoms with van der Waals surface area (Å²) < 4.78 is 24.9. The Morgan fingerprint density at radius 1 is 1.00 bits per heavy atom. The van der Waals surface area contributed by atoms with E-state index in [1.165, 1.54) is 25.7 Å². The van der Waals surface area contributed by atoms with E-state index in [1.807, 2.05) is 48.5 Å². The molecule has 0 aliphatic carbocycles. The van der Waals surface area contributed by atoms with Crippen molar-refractivity contribution in [2.75, 3.05) is 24.7 Å². The molecule has 3 rings (SSSR count). The summed E-state index contributed by atoms with van der Waals surface area (Å²) in [5.41, 5.74) is 2.93. The molecule has 1 amide bonds. The molecule has 0 aromatic heterocycles. The van der Waals surface area contributed by atoms with E-state index >= 15 is 0 Å². The molecule has 0 N–H and O–H groups in total. The van der Waals surface area contributed by atoms with Gasteiger partial charge in [0.15, 0.2) is 0 Å². The molecule has 2 aromatic rings. The molecule has 4 nitrogen and oxygen atoms in total. The first kappa shape index (κ1) is 24.1. The molecule has 1 saturated heterocycles. The lowest BCUT2D eigenvalue weighted by molar-refractivity contribution is 0.119. The van der Waals surface area contributed by atoms with Gasteiger partial charge in [-0.15, -0.1) is 0 Å². The molecule has 2 atom stereocenters. The highest BCUT2D eigenvalue weighted by Crippen LogP contribution is 2.27. The predicted molar refractivity (Wildman–Crippen MR) is 128 cm³/mol. The van der Waals surface area contributed by atoms with Gasteiger partial charge in [-0.25, -0.2) is 9.18 Å². The van der Waals surface area contributed by atoms with E-state index in [2.05, 4.69) is 13.8 Å². The summed E-state index contributed by atoms with van der Waals surface area (Å²) in [7, 11) is 0. The number of alkyl halides is 1. The number of rotatable bonds is 12. The van der Waals surface area contributed by atoms with Crippen molar-refractivity contribution in [3.05, 3.63) is 48.5 Å². The molecule has 0 saturated carbocycles. The third kappa shape index (κ3) is 7.25. The zero-order chi connectivity index (χ0) is 22.8. The van der Waals surface area contributed by atoms with Gasteiger partial charge in [-0.05, 0) is 41.8 Å². The van der Waals surface area contributed by atoms with E-state index in [0.29, 0.717) is 31.2 Å². The second-order valence-corrected chi connectivity index (χ2v) is 8.83. The molecule has 0 bridgehead atoms. The van der Waals surface area contributed by atoms with E-state index in [1.54, 1.807) is 4.90 Å². The number of amides is 1. The zero-order valence-corrected chi connectivity index (χ0v) is 19.4. The van der Waals surface area contributed by atoms with Crippen LogP contribution in [0.25, 0.3) is 11.1 Å². The molecule has 1 fully saturated rings. The summed E-state index contributed by atoms with van der Waals surface area (Å²) in [6.45, 7) is 5.51. The molecule has 174 valence electrons. The molecule has 2 unspecified atom stereocenters. The third-order valence-corrected chi connectivity index (χ3v) is 5.87. The summed E-state index contributed by atoms with van der Waals surface area (Å²) in [4.78, 5) is 13.7. The quantitative estimate of drug-likeness (QED) is 0.322. The highest BCUT2D eigenvalue weighted by molar-refractivity contribution is 5.88. The Balaban J connectivity index is 1.45. The van der Waals surface area contributed by atoms with Crippen LogP contribution in [0.4, 0.5) is 14.9 Å². The van der Waals surface area contributed by atoms with Gasteiger partial charge in [-0.1, -0.05) is 76.6 Å². The zero-order valence-electron chi connectivity index (χ0n) is 19.4. The number of hydrogen-bond acceptors (Lipinski definition) is 3. The molecule has 5 heteroatoms. The molecule has 0 spiro atoms. The molecular weight excluding hydrogens is 405 g/mol. The van der Waals surface area contributed by atoms with E-state index in [0.717, 1.165) is 29.7 Å². The van der Waals surface area contributed by atoms with Gasteiger partial charge >= 0.3 is 6.09 Å². The molecule has 2 aromatic carbocycles. The van der Waals surface area contributed by atoms with Gasteiger partial charge in [0.2, 0.25) is 0 Å². The van der Waals surface area contributed by atoms with Crippen molar-refractivity contribution in [1.29, 1.82) is 0 Å². The maximum atomic E-state index is 14.1. The van der Waals surface area contributed by atoms with E-state index in [4.69, 9.17) is 9.47 Å². The smallest absolute Gasteiger partial charge is 0.414 e. The van der Waals surface area contributed by atoms with Crippen molar-refractivity contribution in [3.8, 4) is 16.9 Å². The number of ether oxygens (including phenoxy) is 2. The van der Waals surface area contributed by atoms with Crippen LogP contribution < -0.4 is 9.64 Å². The topological polar surface area (TPSA) is 38.8 Å². The van der Waals surface area contributed by atoms with Gasteiger partial charge < -0.3 is 9.47 Å². The summed E-state index contributed by atoms with van der Waals surface area (Å²) in [5.74, 6) is 0.996. The second kappa shape index (κ2) is 12.5. The normalized spacial score (nSPS) is 17.2. The van der Waals surface area contributed by atoms with Crippen LogP contribution in [0.5, 0.6) is 5.75 Å². The molecule has 0 radical (unpaired) electrons. The van der Waals surface area contributed by atoms with Crippen molar-refractivity contribution >= 4 is 11.8 Å². The first-order valence-electron chi connectivity index (χ1n) is 12.0. The van der Waals surface area contributed by atoms with E-state index in [9.17, 15) is 9.18 Å². The molecular formula is C27H36FNO3. The standard InChI is InChI=1S/C27H36FNO3/c1-3-4-5-6-7-8-9-24(28)20-31-26-16-12-23(13-17-26)22-10-14-25(15-11-22)29-18-21(2)19-32-27(29)30/h10-17,21,24H,3-9,18-20H2,1-2H3. The fourth-order valence-corrected chi connectivity index (χ4v) is 3.93. The number of anilines is 1. The fraction of sp³-hybridized carbons (Fsp3) is 0.519. The number of hydrogen-bond donors (Lipinski definition) is 0. The lowest BCUT2D eigenvalue weighted by Gasteiger charge is -2.30. The lowest BCUT2D eigenvalue weighted by atomic mass is 10.0. The number of cyclic esters (lactones) is 1. The van der Waals surface area contributed by atoms with Crippen LogP contribution in [-0.4, -0.2) is 32.0 Å². The minimum atomic E-state index is -0.919. The SMILES string of the molecule is CCCCCCCCC(F)COc1ccc(-c2ccc(N3CC(C)COC3=O)cc2)cc1. The molecule has 1 aliphatic heterocycles. The lowest BCUT2D eigenvalue weighted by Crippen LogP contribution is -2.42. The number of unbranched alkanes of at least 4 members (excludes halogenated alkanes) is 5. The van der Waals surface area contributed by atoms with Gasteiger partial charge in [0.25, 0.3) is 0 Å². The number of nitrogens with zero attached hydrogens (tertiary/aromatic N) is 1. The number of halogens is 1. The Kier molecular flexibility index (Phi) is 9.39. The van der Waals surface area contributed by atoms with Crippen LogP contribution in [0.1, 0.15) is 58.8 Å². The Bertz CT molecular complexity index is 822. The van der Waals surface area contributed by atoms with Crippen molar-refractivity contribution in [1.82, 2.24) is 0 Å².